The molecule has 2 aromatic rings. The Morgan fingerprint density at radius 3 is 2.44 bits per heavy atom. The largest absolute Gasteiger partial charge is 0.420 e. The Morgan fingerprint density at radius 1 is 1.12 bits per heavy atom. The number of alkyl halides is 3. The van der Waals surface area contributed by atoms with Crippen molar-refractivity contribution in [2.45, 2.75) is 43.9 Å². The highest BCUT2D eigenvalue weighted by molar-refractivity contribution is 7.88. The van der Waals surface area contributed by atoms with Gasteiger partial charge in [-0.25, -0.2) is 27.7 Å². The van der Waals surface area contributed by atoms with Crippen LogP contribution in [0.2, 0.25) is 0 Å². The van der Waals surface area contributed by atoms with Gasteiger partial charge in [-0.2, -0.15) is 13.2 Å². The van der Waals surface area contributed by atoms with Crippen LogP contribution in [0.5, 0.6) is 0 Å². The molecule has 32 heavy (non-hydrogen) atoms. The van der Waals surface area contributed by atoms with Crippen LogP contribution in [0.15, 0.2) is 18.7 Å². The van der Waals surface area contributed by atoms with Crippen LogP contribution in [0.1, 0.15) is 37.3 Å². The first-order valence-corrected chi connectivity index (χ1v) is 12.2. The number of imidazole rings is 1. The number of nitrogens with one attached hydrogen (secondary N) is 1. The molecule has 176 valence electrons. The molecule has 2 fully saturated rings. The minimum Gasteiger partial charge on any atom is -0.381 e. The zero-order valence-corrected chi connectivity index (χ0v) is 18.4. The molecule has 0 unspecified atom stereocenters. The van der Waals surface area contributed by atoms with E-state index in [4.69, 9.17) is 4.74 Å². The summed E-state index contributed by atoms with van der Waals surface area (Å²) in [6, 6.07) is -0.0174. The van der Waals surface area contributed by atoms with Crippen molar-refractivity contribution >= 4 is 16.0 Å². The van der Waals surface area contributed by atoms with Gasteiger partial charge in [0.25, 0.3) is 0 Å². The molecule has 0 spiro atoms. The van der Waals surface area contributed by atoms with E-state index >= 15 is 0 Å². The van der Waals surface area contributed by atoms with Crippen LogP contribution in [0.4, 0.5) is 19.1 Å². The lowest BCUT2D eigenvalue weighted by atomic mass is 10.1. The minimum absolute atomic E-state index is 0.0615. The van der Waals surface area contributed by atoms with Crippen molar-refractivity contribution < 1.29 is 26.3 Å². The van der Waals surface area contributed by atoms with Crippen molar-refractivity contribution in [1.82, 2.24) is 23.8 Å². The lowest BCUT2D eigenvalue weighted by molar-refractivity contribution is -0.137. The monoisotopic (exact) mass is 474 g/mol. The number of rotatable bonds is 5. The van der Waals surface area contributed by atoms with Gasteiger partial charge in [0.2, 0.25) is 16.0 Å². The maximum atomic E-state index is 13.6. The molecule has 1 N–H and O–H groups in total. The van der Waals surface area contributed by atoms with Crippen LogP contribution in [-0.2, 0) is 20.9 Å². The molecule has 9 nitrogen and oxygen atoms in total. The molecule has 0 saturated carbocycles. The first kappa shape index (κ1) is 22.9. The van der Waals surface area contributed by atoms with E-state index in [1.807, 2.05) is 4.57 Å². The molecular weight excluding hydrogens is 449 g/mol. The molecule has 0 bridgehead atoms. The van der Waals surface area contributed by atoms with Crippen LogP contribution in [0.3, 0.4) is 0 Å². The van der Waals surface area contributed by atoms with Gasteiger partial charge in [0.1, 0.15) is 17.0 Å². The normalized spacial score (nSPS) is 19.9. The maximum Gasteiger partial charge on any atom is 0.420 e. The smallest absolute Gasteiger partial charge is 0.381 e. The second-order valence-electron chi connectivity index (χ2n) is 8.08. The average Bonchev–Trinajstić information content (AvgIpc) is 3.24. The second kappa shape index (κ2) is 8.94. The van der Waals surface area contributed by atoms with Gasteiger partial charge in [0.05, 0.1) is 12.6 Å². The summed E-state index contributed by atoms with van der Waals surface area (Å²) in [4.78, 5) is 12.2. The van der Waals surface area contributed by atoms with Crippen molar-refractivity contribution in [1.29, 1.82) is 0 Å². The molecule has 0 atom stereocenters. The third-order valence-corrected chi connectivity index (χ3v) is 7.11. The molecule has 4 rings (SSSR count). The Bertz CT molecular complexity index is 1040. The fourth-order valence-corrected chi connectivity index (χ4v) is 4.88. The number of anilines is 1. The van der Waals surface area contributed by atoms with E-state index in [2.05, 4.69) is 20.3 Å². The summed E-state index contributed by atoms with van der Waals surface area (Å²) < 4.78 is 72.7. The van der Waals surface area contributed by atoms with Crippen LogP contribution in [0.25, 0.3) is 11.4 Å². The third-order valence-electron chi connectivity index (χ3n) is 5.81. The molecule has 13 heteroatoms. The van der Waals surface area contributed by atoms with Gasteiger partial charge in [-0.15, -0.1) is 0 Å². The van der Waals surface area contributed by atoms with E-state index in [0.29, 0.717) is 39.1 Å². The standard InChI is InChI=1S/C19H25F3N6O3S/c1-32(29,30)28-6-2-13(3-7-28)25-18-23-10-15(19(20,21)22)17(26-18)16-11-27(12-24-16)14-4-8-31-9-5-14/h10-14H,2-9H2,1H3,(H,23,25,26). The molecule has 0 aliphatic carbocycles. The van der Waals surface area contributed by atoms with E-state index in [1.54, 1.807) is 6.20 Å². The number of sulfonamides is 1. The molecule has 0 radical (unpaired) electrons. The topological polar surface area (TPSA) is 102 Å². The average molecular weight is 475 g/mol. The summed E-state index contributed by atoms with van der Waals surface area (Å²) >= 11 is 0. The number of hydrogen-bond donors (Lipinski definition) is 1. The lowest BCUT2D eigenvalue weighted by Gasteiger charge is -2.30. The quantitative estimate of drug-likeness (QED) is 0.711. The Labute approximate surface area is 184 Å². The molecule has 2 aliphatic rings. The van der Waals surface area contributed by atoms with Crippen molar-refractivity contribution in [3.8, 4) is 11.4 Å². The Morgan fingerprint density at radius 2 is 1.81 bits per heavy atom. The van der Waals surface area contributed by atoms with Crippen molar-refractivity contribution in [2.75, 3.05) is 37.9 Å². The fourth-order valence-electron chi connectivity index (χ4n) is 4.01. The summed E-state index contributed by atoms with van der Waals surface area (Å²) in [5, 5.41) is 3.05. The van der Waals surface area contributed by atoms with Gasteiger partial charge < -0.3 is 14.6 Å². The zero-order valence-electron chi connectivity index (χ0n) is 17.5. The number of nitrogens with zero attached hydrogens (tertiary/aromatic N) is 5. The summed E-state index contributed by atoms with van der Waals surface area (Å²) in [5.74, 6) is 0.0615. The highest BCUT2D eigenvalue weighted by Crippen LogP contribution is 2.36. The summed E-state index contributed by atoms with van der Waals surface area (Å²) in [5.41, 5.74) is -1.11. The fraction of sp³-hybridized carbons (Fsp3) is 0.632. The highest BCUT2D eigenvalue weighted by atomic mass is 32.2. The summed E-state index contributed by atoms with van der Waals surface area (Å²) in [6.45, 7) is 1.87. The number of hydrogen-bond acceptors (Lipinski definition) is 7. The number of piperidine rings is 1. The van der Waals surface area contributed by atoms with E-state index in [9.17, 15) is 21.6 Å². The summed E-state index contributed by atoms with van der Waals surface area (Å²) in [6.07, 6.45) is 2.96. The number of halogens is 3. The molecule has 2 aliphatic heterocycles. The third kappa shape index (κ3) is 5.21. The van der Waals surface area contributed by atoms with E-state index in [0.717, 1.165) is 25.3 Å². The predicted octanol–water partition coefficient (Wildman–Crippen LogP) is 2.55. The highest BCUT2D eigenvalue weighted by Gasteiger charge is 2.36. The minimum atomic E-state index is -4.63. The van der Waals surface area contributed by atoms with Crippen LogP contribution >= 0.6 is 0 Å². The van der Waals surface area contributed by atoms with Crippen LogP contribution in [-0.4, -0.2) is 70.8 Å². The summed E-state index contributed by atoms with van der Waals surface area (Å²) in [7, 11) is -3.26. The van der Waals surface area contributed by atoms with Gasteiger partial charge in [-0.05, 0) is 25.7 Å². The van der Waals surface area contributed by atoms with Gasteiger partial charge in [-0.1, -0.05) is 0 Å². The van der Waals surface area contributed by atoms with Gasteiger partial charge in [-0.3, -0.25) is 0 Å². The van der Waals surface area contributed by atoms with Gasteiger partial charge in [0, 0.05) is 50.8 Å². The van der Waals surface area contributed by atoms with Crippen molar-refractivity contribution in [2.24, 2.45) is 0 Å². The van der Waals surface area contributed by atoms with E-state index in [1.165, 1.54) is 10.6 Å². The molecule has 0 amide bonds. The van der Waals surface area contributed by atoms with E-state index in [-0.39, 0.29) is 29.4 Å². The molecule has 4 heterocycles. The molecule has 2 saturated heterocycles. The van der Waals surface area contributed by atoms with Crippen molar-refractivity contribution in [3.05, 3.63) is 24.3 Å². The Balaban J connectivity index is 1.55. The Kier molecular flexibility index (Phi) is 6.41. The molecule has 0 aromatic carbocycles. The first-order chi connectivity index (χ1) is 15.1. The predicted molar refractivity (Wildman–Crippen MR) is 110 cm³/mol. The molecular formula is C19H25F3N6O3S. The molecule has 2 aromatic heterocycles. The van der Waals surface area contributed by atoms with Gasteiger partial charge in [0.15, 0.2) is 0 Å². The number of ether oxygens (including phenoxy) is 1. The van der Waals surface area contributed by atoms with E-state index < -0.39 is 21.8 Å². The van der Waals surface area contributed by atoms with Crippen LogP contribution in [0, 0.1) is 0 Å². The Hall–Kier alpha value is -2.25. The first-order valence-electron chi connectivity index (χ1n) is 10.4. The SMILES string of the molecule is CS(=O)(=O)N1CCC(Nc2ncc(C(F)(F)F)c(-c3cn(C4CCOCC4)cn3)n2)CC1. The van der Waals surface area contributed by atoms with Crippen LogP contribution < -0.4 is 5.32 Å². The van der Waals surface area contributed by atoms with Gasteiger partial charge >= 0.3 is 6.18 Å². The lowest BCUT2D eigenvalue weighted by Crippen LogP contribution is -2.42. The van der Waals surface area contributed by atoms with Crippen molar-refractivity contribution in [3.63, 3.8) is 0 Å². The second-order valence-corrected chi connectivity index (χ2v) is 10.1. The maximum absolute atomic E-state index is 13.6. The number of aromatic nitrogens is 4. The zero-order chi connectivity index (χ0) is 22.9.